The summed E-state index contributed by atoms with van der Waals surface area (Å²) in [6.07, 6.45) is -0.571. The summed E-state index contributed by atoms with van der Waals surface area (Å²) in [6.45, 7) is 0. The van der Waals surface area contributed by atoms with Crippen LogP contribution in [0.25, 0.3) is 10.9 Å². The van der Waals surface area contributed by atoms with Crippen LogP contribution in [0, 0.1) is 0 Å². The molecule has 0 saturated heterocycles. The van der Waals surface area contributed by atoms with Gasteiger partial charge in [-0.2, -0.15) is 0 Å². The van der Waals surface area contributed by atoms with Crippen molar-refractivity contribution < 1.29 is 19.7 Å². The smallest absolute Gasteiger partial charge is 0.338 e. The van der Waals surface area contributed by atoms with Gasteiger partial charge in [-0.15, -0.1) is 11.6 Å². The minimum atomic E-state index is -1.16. The molecule has 1 aromatic heterocycles. The van der Waals surface area contributed by atoms with E-state index in [9.17, 15) is 15.0 Å². The molecule has 5 nitrogen and oxygen atoms in total. The lowest BCUT2D eigenvalue weighted by atomic mass is 10.00. The molecule has 102 valence electrons. The van der Waals surface area contributed by atoms with Gasteiger partial charge in [-0.25, -0.2) is 4.79 Å². The van der Waals surface area contributed by atoms with Crippen LogP contribution in [-0.4, -0.2) is 40.3 Å². The number of fused-ring (bicyclic) bond motifs is 1. The zero-order valence-electron chi connectivity index (χ0n) is 10.3. The third-order valence-electron chi connectivity index (χ3n) is 2.96. The van der Waals surface area contributed by atoms with Crippen LogP contribution in [0.5, 0.6) is 0 Å². The summed E-state index contributed by atoms with van der Waals surface area (Å²) in [5, 5.41) is 20.2. The number of hydrogen-bond acceptors (Lipinski definition) is 4. The Morgan fingerprint density at radius 2 is 2.21 bits per heavy atom. The van der Waals surface area contributed by atoms with Crippen molar-refractivity contribution in [1.29, 1.82) is 0 Å². The highest BCUT2D eigenvalue weighted by atomic mass is 35.5. The Hall–Kier alpha value is -1.56. The number of nitrogens with one attached hydrogen (secondary N) is 1. The Morgan fingerprint density at radius 3 is 2.84 bits per heavy atom. The van der Waals surface area contributed by atoms with E-state index >= 15 is 0 Å². The highest BCUT2D eigenvalue weighted by molar-refractivity contribution is 6.18. The molecule has 0 fully saturated rings. The van der Waals surface area contributed by atoms with Crippen LogP contribution in [0.1, 0.15) is 22.0 Å². The van der Waals surface area contributed by atoms with Crippen molar-refractivity contribution in [2.75, 3.05) is 13.0 Å². The molecule has 0 aliphatic rings. The molecule has 2 aromatic rings. The molecule has 0 bridgehead atoms. The van der Waals surface area contributed by atoms with Crippen LogP contribution in [0.3, 0.4) is 0 Å². The zero-order chi connectivity index (χ0) is 14.0. The predicted octanol–water partition coefficient (Wildman–Crippen LogP) is 1.59. The van der Waals surface area contributed by atoms with Gasteiger partial charge in [0.05, 0.1) is 24.7 Å². The number of halogens is 1. The van der Waals surface area contributed by atoms with Crippen LogP contribution in [0.4, 0.5) is 0 Å². The second-order valence-electron chi connectivity index (χ2n) is 4.17. The van der Waals surface area contributed by atoms with Gasteiger partial charge in [-0.1, -0.05) is 0 Å². The number of aromatic amines is 1. The molecule has 2 unspecified atom stereocenters. The minimum Gasteiger partial charge on any atom is -0.465 e. The van der Waals surface area contributed by atoms with Gasteiger partial charge in [-0.05, 0) is 23.8 Å². The quantitative estimate of drug-likeness (QED) is 0.588. The fourth-order valence-electron chi connectivity index (χ4n) is 1.95. The number of benzene rings is 1. The molecule has 0 radical (unpaired) electrons. The van der Waals surface area contributed by atoms with Gasteiger partial charge in [0.25, 0.3) is 0 Å². The lowest BCUT2D eigenvalue weighted by molar-refractivity contribution is 0.0326. The summed E-state index contributed by atoms with van der Waals surface area (Å²) >= 11 is 5.51. The van der Waals surface area contributed by atoms with E-state index in [4.69, 9.17) is 16.3 Å². The number of ether oxygens (including phenoxy) is 1. The van der Waals surface area contributed by atoms with Gasteiger partial charge in [-0.3, -0.25) is 0 Å². The Morgan fingerprint density at radius 1 is 1.47 bits per heavy atom. The van der Waals surface area contributed by atoms with Crippen molar-refractivity contribution in [3.8, 4) is 0 Å². The second kappa shape index (κ2) is 5.61. The number of rotatable bonds is 4. The molecule has 0 aliphatic carbocycles. The SMILES string of the molecule is COC(=O)c1cc(C(O)C(O)CCl)cc2[nH]ccc12. The van der Waals surface area contributed by atoms with Crippen molar-refractivity contribution in [2.45, 2.75) is 12.2 Å². The van der Waals surface area contributed by atoms with Crippen LogP contribution >= 0.6 is 11.6 Å². The molecule has 0 saturated carbocycles. The average molecular weight is 284 g/mol. The summed E-state index contributed by atoms with van der Waals surface area (Å²) in [6, 6.07) is 4.92. The number of alkyl halides is 1. The molecule has 0 spiro atoms. The van der Waals surface area contributed by atoms with Crippen molar-refractivity contribution in [2.24, 2.45) is 0 Å². The molecular weight excluding hydrogens is 270 g/mol. The fraction of sp³-hybridized carbons (Fsp3) is 0.308. The van der Waals surface area contributed by atoms with E-state index in [2.05, 4.69) is 4.98 Å². The number of aromatic nitrogens is 1. The van der Waals surface area contributed by atoms with E-state index in [1.54, 1.807) is 18.3 Å². The van der Waals surface area contributed by atoms with Gasteiger partial charge >= 0.3 is 5.97 Å². The molecule has 1 aromatic carbocycles. The number of H-pyrrole nitrogens is 1. The topological polar surface area (TPSA) is 82.6 Å². The van der Waals surface area contributed by atoms with Gasteiger partial charge < -0.3 is 19.9 Å². The van der Waals surface area contributed by atoms with Crippen LogP contribution in [-0.2, 0) is 4.74 Å². The van der Waals surface area contributed by atoms with Crippen LogP contribution < -0.4 is 0 Å². The number of methoxy groups -OCH3 is 1. The highest BCUT2D eigenvalue weighted by Gasteiger charge is 2.21. The van der Waals surface area contributed by atoms with E-state index in [1.165, 1.54) is 13.2 Å². The van der Waals surface area contributed by atoms with E-state index in [-0.39, 0.29) is 5.88 Å². The maximum absolute atomic E-state index is 11.7. The van der Waals surface area contributed by atoms with Crippen molar-refractivity contribution in [3.63, 3.8) is 0 Å². The largest absolute Gasteiger partial charge is 0.465 e. The van der Waals surface area contributed by atoms with Gasteiger partial charge in [0.1, 0.15) is 6.10 Å². The minimum absolute atomic E-state index is 0.0997. The standard InChI is InChI=1S/C13H14ClNO4/c1-19-13(18)9-4-7(12(17)11(16)6-14)5-10-8(9)2-3-15-10/h2-5,11-12,15-17H,6H2,1H3. The lowest BCUT2D eigenvalue weighted by Gasteiger charge is -2.16. The lowest BCUT2D eigenvalue weighted by Crippen LogP contribution is -2.20. The molecule has 3 N–H and O–H groups in total. The van der Waals surface area contributed by atoms with Gasteiger partial charge in [0.15, 0.2) is 0 Å². The molecule has 19 heavy (non-hydrogen) atoms. The maximum atomic E-state index is 11.7. The Bertz CT molecular complexity index is 595. The van der Waals surface area contributed by atoms with E-state index in [0.29, 0.717) is 22.0 Å². The molecule has 1 heterocycles. The normalized spacial score (nSPS) is 14.3. The molecule has 2 atom stereocenters. The summed E-state index contributed by atoms with van der Waals surface area (Å²) in [4.78, 5) is 14.7. The number of esters is 1. The van der Waals surface area contributed by atoms with Crippen molar-refractivity contribution in [3.05, 3.63) is 35.5 Å². The first-order valence-electron chi connectivity index (χ1n) is 5.70. The number of hydrogen-bond donors (Lipinski definition) is 3. The fourth-order valence-corrected chi connectivity index (χ4v) is 2.11. The summed E-state index contributed by atoms with van der Waals surface area (Å²) in [7, 11) is 1.29. The number of carbonyl (C=O) groups excluding carboxylic acids is 1. The average Bonchev–Trinajstić information content (AvgIpc) is 2.91. The second-order valence-corrected chi connectivity index (χ2v) is 4.47. The third kappa shape index (κ3) is 2.58. The molecular formula is C13H14ClNO4. The van der Waals surface area contributed by atoms with E-state index in [0.717, 1.165) is 0 Å². The Kier molecular flexibility index (Phi) is 4.09. The summed E-state index contributed by atoms with van der Waals surface area (Å²) < 4.78 is 4.71. The number of aliphatic hydroxyl groups excluding tert-OH is 2. The molecule has 2 rings (SSSR count). The molecule has 0 amide bonds. The first kappa shape index (κ1) is 13.9. The predicted molar refractivity (Wildman–Crippen MR) is 71.3 cm³/mol. The van der Waals surface area contributed by atoms with Crippen LogP contribution in [0.15, 0.2) is 24.4 Å². The maximum Gasteiger partial charge on any atom is 0.338 e. The Balaban J connectivity index is 2.54. The summed E-state index contributed by atoms with van der Waals surface area (Å²) in [5.74, 6) is -0.601. The Labute approximate surface area is 114 Å². The third-order valence-corrected chi connectivity index (χ3v) is 3.28. The monoisotopic (exact) mass is 283 g/mol. The van der Waals surface area contributed by atoms with E-state index < -0.39 is 18.2 Å². The zero-order valence-corrected chi connectivity index (χ0v) is 11.0. The summed E-state index contributed by atoms with van der Waals surface area (Å²) in [5.41, 5.74) is 1.42. The first-order valence-corrected chi connectivity index (χ1v) is 6.23. The van der Waals surface area contributed by atoms with Crippen molar-refractivity contribution in [1.82, 2.24) is 4.98 Å². The molecule has 0 aliphatic heterocycles. The first-order chi connectivity index (χ1) is 9.08. The number of carbonyl (C=O) groups is 1. The number of aliphatic hydroxyl groups is 2. The molecule has 6 heteroatoms. The van der Waals surface area contributed by atoms with Crippen molar-refractivity contribution >= 4 is 28.5 Å². The van der Waals surface area contributed by atoms with Gasteiger partial charge in [0.2, 0.25) is 0 Å². The highest BCUT2D eigenvalue weighted by Crippen LogP contribution is 2.26. The van der Waals surface area contributed by atoms with Gasteiger partial charge in [0, 0.05) is 17.1 Å². The van der Waals surface area contributed by atoms with E-state index in [1.807, 2.05) is 0 Å². The van der Waals surface area contributed by atoms with Crippen LogP contribution in [0.2, 0.25) is 0 Å².